The Morgan fingerprint density at radius 3 is 2.43 bits per heavy atom. The Morgan fingerprint density at radius 1 is 1.71 bits per heavy atom. The zero-order valence-electron chi connectivity index (χ0n) is 4.31. The molecular formula is C4H8O2Si. The van der Waals surface area contributed by atoms with Crippen LogP contribution in [-0.2, 0) is 9.59 Å². The zero-order chi connectivity index (χ0) is 5.70. The Morgan fingerprint density at radius 2 is 2.29 bits per heavy atom. The van der Waals surface area contributed by atoms with Gasteiger partial charge in [-0.05, 0) is 0 Å². The fourth-order valence-electron chi connectivity index (χ4n) is 0.262. The van der Waals surface area contributed by atoms with Gasteiger partial charge in [-0.15, -0.1) is 0 Å². The summed E-state index contributed by atoms with van der Waals surface area (Å²) in [6.45, 7) is 0. The molecule has 0 heterocycles. The molecule has 0 unspecified atom stereocenters. The summed E-state index contributed by atoms with van der Waals surface area (Å²) in [4.78, 5) is 19.7. The molecule has 0 aromatic rings. The number of aldehydes is 1. The van der Waals surface area contributed by atoms with Crippen LogP contribution in [0.25, 0.3) is 0 Å². The average Bonchev–Trinajstić information content (AvgIpc) is 1.61. The zero-order valence-corrected chi connectivity index (χ0v) is 6.31. The van der Waals surface area contributed by atoms with Crippen LogP contribution in [-0.4, -0.2) is 21.9 Å². The van der Waals surface area contributed by atoms with E-state index in [2.05, 4.69) is 0 Å². The first-order valence-corrected chi connectivity index (χ1v) is 3.20. The van der Waals surface area contributed by atoms with Crippen molar-refractivity contribution >= 4 is 21.9 Å². The highest BCUT2D eigenvalue weighted by molar-refractivity contribution is 6.57. The number of carbonyl (C=O) groups excluding carboxylic acids is 2. The van der Waals surface area contributed by atoms with Gasteiger partial charge in [-0.3, -0.25) is 0 Å². The van der Waals surface area contributed by atoms with E-state index in [1.54, 1.807) is 0 Å². The predicted molar refractivity (Wildman–Crippen MR) is 30.2 cm³/mol. The van der Waals surface area contributed by atoms with Crippen molar-refractivity contribution < 1.29 is 9.59 Å². The minimum Gasteiger partial charge on any atom is -0.307 e. The Bertz CT molecular complexity index is 79.8. The molecule has 0 saturated carbocycles. The summed E-state index contributed by atoms with van der Waals surface area (Å²) >= 11 is 0. The predicted octanol–water partition coefficient (Wildman–Crippen LogP) is -1.14. The minimum atomic E-state index is 0.215. The number of rotatable bonds is 3. The van der Waals surface area contributed by atoms with Gasteiger partial charge >= 0.3 is 0 Å². The van der Waals surface area contributed by atoms with E-state index in [9.17, 15) is 9.59 Å². The van der Waals surface area contributed by atoms with Crippen molar-refractivity contribution in [3.05, 3.63) is 0 Å². The van der Waals surface area contributed by atoms with Gasteiger partial charge in [0.2, 0.25) is 0 Å². The molecule has 0 aromatic carbocycles. The maximum absolute atomic E-state index is 10.1. The standard InChI is InChI=1S/C4H8O2Si/c5-3-1-2-4(6)7/h3H,1-2H2,7H3. The summed E-state index contributed by atoms with van der Waals surface area (Å²) in [5.41, 5.74) is 0. The lowest BCUT2D eigenvalue weighted by Crippen LogP contribution is -1.94. The minimum absolute atomic E-state index is 0.215. The lowest BCUT2D eigenvalue weighted by Gasteiger charge is -1.80. The molecule has 0 saturated heterocycles. The van der Waals surface area contributed by atoms with E-state index in [0.717, 1.165) is 6.29 Å². The van der Waals surface area contributed by atoms with E-state index in [4.69, 9.17) is 0 Å². The lowest BCUT2D eigenvalue weighted by atomic mass is 10.4. The molecule has 0 bridgehead atoms. The Hall–Kier alpha value is -0.443. The van der Waals surface area contributed by atoms with Gasteiger partial charge in [0.25, 0.3) is 0 Å². The Balaban J connectivity index is 2.97. The fraction of sp³-hybridized carbons (Fsp3) is 0.500. The third kappa shape index (κ3) is 5.56. The smallest absolute Gasteiger partial charge is 0.120 e. The largest absolute Gasteiger partial charge is 0.307 e. The van der Waals surface area contributed by atoms with Crippen molar-refractivity contribution in [1.29, 1.82) is 0 Å². The van der Waals surface area contributed by atoms with E-state index in [1.165, 1.54) is 0 Å². The third-order valence-corrected chi connectivity index (χ3v) is 1.11. The maximum Gasteiger partial charge on any atom is 0.120 e. The van der Waals surface area contributed by atoms with Gasteiger partial charge in [-0.25, -0.2) is 0 Å². The van der Waals surface area contributed by atoms with Crippen LogP contribution in [0.4, 0.5) is 0 Å². The molecule has 0 aliphatic heterocycles. The van der Waals surface area contributed by atoms with Crippen molar-refractivity contribution in [3.63, 3.8) is 0 Å². The molecule has 0 amide bonds. The quantitative estimate of drug-likeness (QED) is 0.345. The summed E-state index contributed by atoms with van der Waals surface area (Å²) in [5, 5.41) is 0.215. The van der Waals surface area contributed by atoms with Crippen LogP contribution >= 0.6 is 0 Å². The van der Waals surface area contributed by atoms with Gasteiger partial charge in [0, 0.05) is 12.8 Å². The summed E-state index contributed by atoms with van der Waals surface area (Å²) in [5.74, 6) is 0. The van der Waals surface area contributed by atoms with E-state index < -0.39 is 0 Å². The molecule has 0 spiro atoms. The summed E-state index contributed by atoms with van der Waals surface area (Å²) in [7, 11) is 0.585. The lowest BCUT2D eigenvalue weighted by molar-refractivity contribution is -0.114. The third-order valence-electron chi connectivity index (χ3n) is 0.614. The highest BCUT2D eigenvalue weighted by Crippen LogP contribution is 1.80. The fourth-order valence-corrected chi connectivity index (χ4v) is 0.551. The molecule has 2 nitrogen and oxygen atoms in total. The first-order chi connectivity index (χ1) is 3.27. The van der Waals surface area contributed by atoms with Gasteiger partial charge in [0.1, 0.15) is 11.7 Å². The highest BCUT2D eigenvalue weighted by Gasteiger charge is 1.87. The monoisotopic (exact) mass is 116 g/mol. The van der Waals surface area contributed by atoms with Gasteiger partial charge in [0.05, 0.1) is 10.2 Å². The van der Waals surface area contributed by atoms with Gasteiger partial charge < -0.3 is 9.59 Å². The molecule has 40 valence electrons. The Kier molecular flexibility index (Phi) is 3.50. The van der Waals surface area contributed by atoms with Crippen LogP contribution in [0.3, 0.4) is 0 Å². The first-order valence-electron chi connectivity index (χ1n) is 2.20. The molecule has 0 N–H and O–H groups in total. The molecule has 0 rings (SSSR count). The topological polar surface area (TPSA) is 34.1 Å². The van der Waals surface area contributed by atoms with E-state index >= 15 is 0 Å². The molecule has 0 aliphatic carbocycles. The molecule has 0 aromatic heterocycles. The normalized spacial score (nSPS) is 8.57. The number of hydrogen-bond acceptors (Lipinski definition) is 2. The van der Waals surface area contributed by atoms with Crippen LogP contribution in [0.2, 0.25) is 0 Å². The van der Waals surface area contributed by atoms with Crippen molar-refractivity contribution in [3.8, 4) is 0 Å². The van der Waals surface area contributed by atoms with Crippen LogP contribution in [0, 0.1) is 0 Å². The van der Waals surface area contributed by atoms with Gasteiger partial charge in [-0.1, -0.05) is 0 Å². The Labute approximate surface area is 45.3 Å². The number of carbonyl (C=O) groups is 2. The molecule has 0 radical (unpaired) electrons. The van der Waals surface area contributed by atoms with Gasteiger partial charge in [-0.2, -0.15) is 0 Å². The molecular weight excluding hydrogens is 108 g/mol. The highest BCUT2D eigenvalue weighted by atomic mass is 28.1. The van der Waals surface area contributed by atoms with Crippen molar-refractivity contribution in [2.45, 2.75) is 12.8 Å². The van der Waals surface area contributed by atoms with E-state index in [-0.39, 0.29) is 5.41 Å². The molecule has 0 atom stereocenters. The molecule has 0 fully saturated rings. The van der Waals surface area contributed by atoms with E-state index in [0.29, 0.717) is 23.1 Å². The maximum atomic E-state index is 10.1. The SMILES string of the molecule is O=CCCC(=O)[SiH3]. The summed E-state index contributed by atoms with van der Waals surface area (Å²) in [6.07, 6.45) is 1.63. The van der Waals surface area contributed by atoms with Crippen LogP contribution in [0.15, 0.2) is 0 Å². The van der Waals surface area contributed by atoms with Crippen molar-refractivity contribution in [2.75, 3.05) is 0 Å². The summed E-state index contributed by atoms with van der Waals surface area (Å²) in [6, 6.07) is 0. The second kappa shape index (κ2) is 3.74. The van der Waals surface area contributed by atoms with E-state index in [1.807, 2.05) is 0 Å². The first kappa shape index (κ1) is 6.56. The van der Waals surface area contributed by atoms with Crippen LogP contribution in [0.1, 0.15) is 12.8 Å². The van der Waals surface area contributed by atoms with Crippen LogP contribution < -0.4 is 0 Å². The second-order valence-corrected chi connectivity index (χ2v) is 2.52. The van der Waals surface area contributed by atoms with Crippen molar-refractivity contribution in [2.24, 2.45) is 0 Å². The van der Waals surface area contributed by atoms with Crippen molar-refractivity contribution in [1.82, 2.24) is 0 Å². The number of hydrogen-bond donors (Lipinski definition) is 0. The second-order valence-electron chi connectivity index (χ2n) is 1.41. The molecule has 7 heavy (non-hydrogen) atoms. The molecule has 3 heteroatoms. The summed E-state index contributed by atoms with van der Waals surface area (Å²) < 4.78 is 0. The molecule has 0 aliphatic rings. The average molecular weight is 116 g/mol. The van der Waals surface area contributed by atoms with Crippen LogP contribution in [0.5, 0.6) is 0 Å². The van der Waals surface area contributed by atoms with Gasteiger partial charge in [0.15, 0.2) is 0 Å².